The fourth-order valence-corrected chi connectivity index (χ4v) is 2.83. The lowest BCUT2D eigenvalue weighted by Crippen LogP contribution is -2.01. The second kappa shape index (κ2) is 7.24. The normalized spacial score (nSPS) is 10.4. The Balaban J connectivity index is 2.20. The predicted octanol–water partition coefficient (Wildman–Crippen LogP) is 5.48. The number of nitrogens with zero attached hydrogens (tertiary/aromatic N) is 1. The van der Waals surface area contributed by atoms with Gasteiger partial charge in [-0.3, -0.25) is 10.1 Å². The molecule has 7 heteroatoms. The van der Waals surface area contributed by atoms with Crippen LogP contribution in [-0.4, -0.2) is 4.92 Å². The van der Waals surface area contributed by atoms with Crippen LogP contribution in [0, 0.1) is 10.1 Å². The van der Waals surface area contributed by atoms with Crippen molar-refractivity contribution in [2.75, 3.05) is 0 Å². The first-order chi connectivity index (χ1) is 10.0. The topological polar surface area (TPSA) is 52.4 Å². The van der Waals surface area contributed by atoms with Crippen LogP contribution in [0.25, 0.3) is 0 Å². The minimum atomic E-state index is -0.446. The van der Waals surface area contributed by atoms with E-state index >= 15 is 0 Å². The van der Waals surface area contributed by atoms with Crippen LogP contribution in [0.2, 0.25) is 5.02 Å². The van der Waals surface area contributed by atoms with E-state index in [0.29, 0.717) is 16.3 Å². The van der Waals surface area contributed by atoms with Gasteiger partial charge < -0.3 is 4.74 Å². The number of benzene rings is 2. The molecule has 2 aromatic rings. The van der Waals surface area contributed by atoms with E-state index in [2.05, 4.69) is 31.9 Å². The van der Waals surface area contributed by atoms with Crippen molar-refractivity contribution in [3.05, 3.63) is 67.1 Å². The molecule has 0 saturated heterocycles. The summed E-state index contributed by atoms with van der Waals surface area (Å²) in [6, 6.07) is 10.1. The molecule has 21 heavy (non-hydrogen) atoms. The highest BCUT2D eigenvalue weighted by atomic mass is 79.9. The largest absolute Gasteiger partial charge is 0.487 e. The fourth-order valence-electron chi connectivity index (χ4n) is 1.75. The van der Waals surface area contributed by atoms with Crippen LogP contribution in [0.3, 0.4) is 0 Å². The summed E-state index contributed by atoms with van der Waals surface area (Å²) in [5.41, 5.74) is 1.53. The quantitative estimate of drug-likeness (QED) is 0.355. The number of nitro benzene ring substituents is 1. The van der Waals surface area contributed by atoms with Gasteiger partial charge in [-0.15, -0.1) is 0 Å². The van der Waals surface area contributed by atoms with Crippen LogP contribution in [0.5, 0.6) is 5.75 Å². The third kappa shape index (κ3) is 4.18. The Bertz CT molecular complexity index is 679. The summed E-state index contributed by atoms with van der Waals surface area (Å²) >= 11 is 12.7. The van der Waals surface area contributed by atoms with Crippen molar-refractivity contribution in [3.63, 3.8) is 0 Å². The van der Waals surface area contributed by atoms with E-state index in [4.69, 9.17) is 16.3 Å². The summed E-state index contributed by atoms with van der Waals surface area (Å²) in [6.07, 6.45) is 0. The molecular weight excluding hydrogens is 425 g/mol. The summed E-state index contributed by atoms with van der Waals surface area (Å²) in [6.45, 7) is 0.0726. The fraction of sp³-hybridized carbons (Fsp3) is 0.143. The summed E-state index contributed by atoms with van der Waals surface area (Å²) < 4.78 is 6.44. The van der Waals surface area contributed by atoms with Crippen molar-refractivity contribution < 1.29 is 9.66 Å². The first kappa shape index (κ1) is 16.3. The van der Waals surface area contributed by atoms with Crippen LogP contribution in [0.1, 0.15) is 11.1 Å². The van der Waals surface area contributed by atoms with E-state index in [9.17, 15) is 10.1 Å². The molecule has 0 fully saturated rings. The Hall–Kier alpha value is -1.11. The average molecular weight is 435 g/mol. The zero-order valence-corrected chi connectivity index (χ0v) is 14.6. The van der Waals surface area contributed by atoms with Gasteiger partial charge in [0.2, 0.25) is 0 Å². The maximum Gasteiger partial charge on any atom is 0.276 e. The molecule has 0 aliphatic rings. The zero-order valence-electron chi connectivity index (χ0n) is 10.7. The summed E-state index contributed by atoms with van der Waals surface area (Å²) in [7, 11) is 0. The maximum atomic E-state index is 11.0. The van der Waals surface area contributed by atoms with E-state index in [1.807, 2.05) is 18.2 Å². The molecule has 0 aromatic heterocycles. The van der Waals surface area contributed by atoms with Crippen LogP contribution in [0.4, 0.5) is 5.69 Å². The molecule has 2 rings (SSSR count). The Labute approximate surface area is 143 Å². The van der Waals surface area contributed by atoms with Crippen LogP contribution in [0.15, 0.2) is 40.9 Å². The minimum absolute atomic E-state index is 0.00685. The maximum absolute atomic E-state index is 11.0. The summed E-state index contributed by atoms with van der Waals surface area (Å²) in [5, 5.41) is 12.2. The predicted molar refractivity (Wildman–Crippen MR) is 89.2 cm³/mol. The van der Waals surface area contributed by atoms with Crippen molar-refractivity contribution in [3.8, 4) is 5.75 Å². The van der Waals surface area contributed by atoms with Gasteiger partial charge >= 0.3 is 0 Å². The molecule has 0 bridgehead atoms. The number of alkyl halides is 1. The van der Waals surface area contributed by atoms with Gasteiger partial charge in [0.05, 0.1) is 15.0 Å². The standard InChI is InChI=1S/C14H10Br2ClNO3/c15-7-9-1-4-14(12(16)5-9)21-8-10-6-11(17)2-3-13(10)18(19)20/h1-6H,7-8H2. The second-order valence-corrected chi connectivity index (χ2v) is 6.07. The average Bonchev–Trinajstić information content (AvgIpc) is 2.45. The molecule has 0 unspecified atom stereocenters. The molecule has 0 heterocycles. The minimum Gasteiger partial charge on any atom is -0.487 e. The van der Waals surface area contributed by atoms with Crippen molar-refractivity contribution in [2.24, 2.45) is 0 Å². The molecule has 0 aliphatic heterocycles. The Kier molecular flexibility index (Phi) is 5.61. The first-order valence-electron chi connectivity index (χ1n) is 5.91. The lowest BCUT2D eigenvalue weighted by molar-refractivity contribution is -0.385. The number of hydrogen-bond donors (Lipinski definition) is 0. The van der Waals surface area contributed by atoms with Gasteiger partial charge in [0.15, 0.2) is 0 Å². The lowest BCUT2D eigenvalue weighted by Gasteiger charge is -2.10. The highest BCUT2D eigenvalue weighted by Crippen LogP contribution is 2.29. The molecular formula is C14H10Br2ClNO3. The smallest absolute Gasteiger partial charge is 0.276 e. The molecule has 110 valence electrons. The first-order valence-corrected chi connectivity index (χ1v) is 8.20. The van der Waals surface area contributed by atoms with Gasteiger partial charge in [0, 0.05) is 16.4 Å². The number of rotatable bonds is 5. The third-order valence-corrected chi connectivity index (χ3v) is 4.27. The summed E-state index contributed by atoms with van der Waals surface area (Å²) in [5.74, 6) is 0.619. The van der Waals surface area contributed by atoms with E-state index in [0.717, 1.165) is 15.4 Å². The van der Waals surface area contributed by atoms with Crippen LogP contribution >= 0.6 is 43.5 Å². The molecule has 0 N–H and O–H groups in total. The molecule has 0 atom stereocenters. The summed E-state index contributed by atoms with van der Waals surface area (Å²) in [4.78, 5) is 10.5. The van der Waals surface area contributed by atoms with E-state index in [-0.39, 0.29) is 12.3 Å². The molecule has 0 aliphatic carbocycles. The Morgan fingerprint density at radius 2 is 2.00 bits per heavy atom. The van der Waals surface area contributed by atoms with Crippen LogP contribution in [-0.2, 0) is 11.9 Å². The molecule has 4 nitrogen and oxygen atoms in total. The SMILES string of the molecule is O=[N+]([O-])c1ccc(Cl)cc1COc1ccc(CBr)cc1Br. The number of halogens is 3. The zero-order chi connectivity index (χ0) is 15.4. The van der Waals surface area contributed by atoms with E-state index in [1.54, 1.807) is 6.07 Å². The second-order valence-electron chi connectivity index (χ2n) is 4.22. The molecule has 0 amide bonds. The molecule has 2 aromatic carbocycles. The number of nitro groups is 1. The monoisotopic (exact) mass is 433 g/mol. The van der Waals surface area contributed by atoms with Gasteiger partial charge in [0.25, 0.3) is 5.69 Å². The number of ether oxygens (including phenoxy) is 1. The number of hydrogen-bond acceptors (Lipinski definition) is 3. The molecule has 0 spiro atoms. The van der Waals surface area contributed by atoms with Gasteiger partial charge in [0.1, 0.15) is 12.4 Å². The van der Waals surface area contributed by atoms with Gasteiger partial charge in [-0.2, -0.15) is 0 Å². The van der Waals surface area contributed by atoms with E-state index in [1.165, 1.54) is 12.1 Å². The van der Waals surface area contributed by atoms with Crippen molar-refractivity contribution in [1.82, 2.24) is 0 Å². The lowest BCUT2D eigenvalue weighted by atomic mass is 10.2. The van der Waals surface area contributed by atoms with E-state index < -0.39 is 4.92 Å². The highest BCUT2D eigenvalue weighted by Gasteiger charge is 2.15. The third-order valence-electron chi connectivity index (χ3n) is 2.77. The van der Waals surface area contributed by atoms with Gasteiger partial charge in [-0.05, 0) is 45.8 Å². The Morgan fingerprint density at radius 1 is 1.24 bits per heavy atom. The Morgan fingerprint density at radius 3 is 2.62 bits per heavy atom. The highest BCUT2D eigenvalue weighted by molar-refractivity contribution is 9.10. The van der Waals surface area contributed by atoms with Crippen molar-refractivity contribution >= 4 is 49.1 Å². The molecule has 0 saturated carbocycles. The molecule has 0 radical (unpaired) electrons. The van der Waals surface area contributed by atoms with Crippen LogP contribution < -0.4 is 4.74 Å². The van der Waals surface area contributed by atoms with Gasteiger partial charge in [-0.25, -0.2) is 0 Å². The van der Waals surface area contributed by atoms with Crippen molar-refractivity contribution in [2.45, 2.75) is 11.9 Å². The van der Waals surface area contributed by atoms with Crippen molar-refractivity contribution in [1.29, 1.82) is 0 Å². The van der Waals surface area contributed by atoms with Gasteiger partial charge in [-0.1, -0.05) is 33.6 Å².